The number of hydrogen-bond donors (Lipinski definition) is 3. The fraction of sp³-hybridized carbons (Fsp3) is 0. The number of nitrogens with two attached hydrogens (primary N) is 1. The first-order valence-corrected chi connectivity index (χ1v) is 2.59. The second-order valence-corrected chi connectivity index (χ2v) is 1.67. The van der Waals surface area contributed by atoms with Crippen molar-refractivity contribution in [3.05, 3.63) is 22.4 Å². The highest BCUT2D eigenvalue weighted by Gasteiger charge is 1.98. The Balaban J connectivity index is 3.41. The van der Waals surface area contributed by atoms with E-state index < -0.39 is 5.56 Å². The van der Waals surface area contributed by atoms with Gasteiger partial charge in [0.1, 0.15) is 11.4 Å². The maximum Gasteiger partial charge on any atom is 0.274 e. The highest BCUT2D eigenvalue weighted by molar-refractivity contribution is 5.81. The lowest BCUT2D eigenvalue weighted by Crippen LogP contribution is -2.14. The molecule has 1 aromatic heterocycles. The second-order valence-electron chi connectivity index (χ2n) is 1.67. The molecule has 0 fully saturated rings. The third-order valence-electron chi connectivity index (χ3n) is 1.06. The molecule has 0 saturated heterocycles. The average molecular weight is 138 g/mol. The molecule has 52 valence electrons. The zero-order valence-electron chi connectivity index (χ0n) is 5.09. The number of aromatic nitrogens is 2. The van der Waals surface area contributed by atoms with Gasteiger partial charge in [-0.1, -0.05) is 0 Å². The minimum Gasteiger partial charge on any atom is -0.392 e. The van der Waals surface area contributed by atoms with Crippen molar-refractivity contribution >= 4 is 11.9 Å². The van der Waals surface area contributed by atoms with Crippen molar-refractivity contribution in [1.29, 1.82) is 5.41 Å². The number of H-pyrrole nitrogens is 1. The zero-order chi connectivity index (χ0) is 7.56. The third kappa shape index (κ3) is 0.883. The van der Waals surface area contributed by atoms with Gasteiger partial charge in [-0.05, 0) is 0 Å². The molecule has 0 aromatic carbocycles. The normalized spacial score (nSPS) is 9.20. The van der Waals surface area contributed by atoms with Crippen molar-refractivity contribution < 1.29 is 0 Å². The Morgan fingerprint density at radius 3 is 3.00 bits per heavy atom. The van der Waals surface area contributed by atoms with E-state index in [1.807, 2.05) is 0 Å². The quantitative estimate of drug-likeness (QED) is 0.450. The summed E-state index contributed by atoms with van der Waals surface area (Å²) < 4.78 is 0. The SMILES string of the molecule is N=Cc1nc[nH]c(=O)c1N. The van der Waals surface area contributed by atoms with Crippen LogP contribution in [0.3, 0.4) is 0 Å². The summed E-state index contributed by atoms with van der Waals surface area (Å²) in [5.41, 5.74) is 5.01. The van der Waals surface area contributed by atoms with E-state index in [1.165, 1.54) is 6.33 Å². The highest BCUT2D eigenvalue weighted by Crippen LogP contribution is 1.93. The Morgan fingerprint density at radius 1 is 1.80 bits per heavy atom. The Morgan fingerprint density at radius 2 is 2.50 bits per heavy atom. The summed E-state index contributed by atoms with van der Waals surface area (Å²) in [6.07, 6.45) is 2.14. The van der Waals surface area contributed by atoms with Gasteiger partial charge in [0, 0.05) is 6.21 Å². The molecule has 0 aliphatic carbocycles. The maximum absolute atomic E-state index is 10.7. The molecule has 0 amide bonds. The molecular formula is C5H6N4O. The molecule has 0 bridgehead atoms. The molecule has 0 aliphatic rings. The Hall–Kier alpha value is -1.65. The van der Waals surface area contributed by atoms with Crippen LogP contribution in [0.4, 0.5) is 5.69 Å². The number of nitrogens with one attached hydrogen (secondary N) is 2. The van der Waals surface area contributed by atoms with Crippen molar-refractivity contribution in [1.82, 2.24) is 9.97 Å². The van der Waals surface area contributed by atoms with Crippen LogP contribution in [0.1, 0.15) is 5.69 Å². The minimum absolute atomic E-state index is 0.0162. The van der Waals surface area contributed by atoms with Crippen molar-refractivity contribution in [2.24, 2.45) is 0 Å². The number of hydrogen-bond acceptors (Lipinski definition) is 4. The van der Waals surface area contributed by atoms with Gasteiger partial charge in [-0.25, -0.2) is 4.98 Å². The van der Waals surface area contributed by atoms with Gasteiger partial charge >= 0.3 is 0 Å². The van der Waals surface area contributed by atoms with Gasteiger partial charge in [0.05, 0.1) is 6.33 Å². The molecule has 5 nitrogen and oxygen atoms in total. The van der Waals surface area contributed by atoms with E-state index in [9.17, 15) is 4.79 Å². The van der Waals surface area contributed by atoms with E-state index >= 15 is 0 Å². The summed E-state index contributed by atoms with van der Waals surface area (Å²) in [5.74, 6) is 0. The van der Waals surface area contributed by atoms with Crippen molar-refractivity contribution in [3.63, 3.8) is 0 Å². The van der Waals surface area contributed by atoms with Crippen LogP contribution in [0.15, 0.2) is 11.1 Å². The van der Waals surface area contributed by atoms with Gasteiger partial charge in [-0.2, -0.15) is 0 Å². The Kier molecular flexibility index (Phi) is 1.49. The molecule has 0 aliphatic heterocycles. The van der Waals surface area contributed by atoms with Crippen LogP contribution in [0.5, 0.6) is 0 Å². The summed E-state index contributed by atoms with van der Waals surface area (Å²) in [4.78, 5) is 16.6. The van der Waals surface area contributed by atoms with E-state index in [4.69, 9.17) is 11.1 Å². The van der Waals surface area contributed by atoms with Crippen LogP contribution in [0.25, 0.3) is 0 Å². The largest absolute Gasteiger partial charge is 0.392 e. The molecule has 0 saturated carbocycles. The first kappa shape index (κ1) is 6.47. The van der Waals surface area contributed by atoms with Crippen LogP contribution >= 0.6 is 0 Å². The predicted octanol–water partition coefficient (Wildman–Crippen LogP) is -0.650. The Bertz CT molecular complexity index is 303. The van der Waals surface area contributed by atoms with Crippen LogP contribution in [0, 0.1) is 5.41 Å². The monoisotopic (exact) mass is 138 g/mol. The van der Waals surface area contributed by atoms with E-state index in [0.717, 1.165) is 6.21 Å². The molecule has 0 spiro atoms. The molecular weight excluding hydrogens is 132 g/mol. The lowest BCUT2D eigenvalue weighted by molar-refractivity contribution is 1.11. The standard InChI is InChI=1S/C5H6N4O/c6-1-3-4(7)5(10)9-2-8-3/h1-2,6H,7H2,(H,8,9,10). The highest BCUT2D eigenvalue weighted by atomic mass is 16.1. The second kappa shape index (κ2) is 2.30. The molecule has 1 aromatic rings. The third-order valence-corrected chi connectivity index (χ3v) is 1.06. The van der Waals surface area contributed by atoms with Gasteiger partial charge in [0.15, 0.2) is 0 Å². The summed E-state index contributed by atoms with van der Waals surface area (Å²) >= 11 is 0. The van der Waals surface area contributed by atoms with Crippen molar-refractivity contribution in [3.8, 4) is 0 Å². The van der Waals surface area contributed by atoms with Gasteiger partial charge in [0.2, 0.25) is 0 Å². The summed E-state index contributed by atoms with van der Waals surface area (Å²) in [6, 6.07) is 0. The van der Waals surface area contributed by atoms with Gasteiger partial charge in [0.25, 0.3) is 5.56 Å². The molecule has 1 heterocycles. The lowest BCUT2D eigenvalue weighted by Gasteiger charge is -1.92. The summed E-state index contributed by atoms with van der Waals surface area (Å²) in [5, 5.41) is 6.76. The fourth-order valence-corrected chi connectivity index (χ4v) is 0.539. The van der Waals surface area contributed by atoms with Crippen molar-refractivity contribution in [2.75, 3.05) is 5.73 Å². The first-order chi connectivity index (χ1) is 4.75. The smallest absolute Gasteiger partial charge is 0.274 e. The lowest BCUT2D eigenvalue weighted by atomic mass is 10.4. The number of nitrogens with zero attached hydrogens (tertiary/aromatic N) is 1. The van der Waals surface area contributed by atoms with Crippen LogP contribution < -0.4 is 11.3 Å². The van der Waals surface area contributed by atoms with E-state index in [1.54, 1.807) is 0 Å². The number of rotatable bonds is 1. The number of aromatic amines is 1. The number of anilines is 1. The molecule has 5 heteroatoms. The predicted molar refractivity (Wildman–Crippen MR) is 37.2 cm³/mol. The van der Waals surface area contributed by atoms with Crippen LogP contribution in [-0.4, -0.2) is 16.2 Å². The zero-order valence-corrected chi connectivity index (χ0v) is 5.09. The molecule has 0 radical (unpaired) electrons. The molecule has 0 unspecified atom stereocenters. The Labute approximate surface area is 56.4 Å². The van der Waals surface area contributed by atoms with Gasteiger partial charge < -0.3 is 16.1 Å². The van der Waals surface area contributed by atoms with E-state index in [0.29, 0.717) is 0 Å². The molecule has 4 N–H and O–H groups in total. The van der Waals surface area contributed by atoms with Crippen molar-refractivity contribution in [2.45, 2.75) is 0 Å². The molecule has 10 heavy (non-hydrogen) atoms. The first-order valence-electron chi connectivity index (χ1n) is 2.59. The minimum atomic E-state index is -0.409. The number of nitrogen functional groups attached to an aromatic ring is 1. The van der Waals surface area contributed by atoms with E-state index in [2.05, 4.69) is 9.97 Å². The van der Waals surface area contributed by atoms with E-state index in [-0.39, 0.29) is 11.4 Å². The maximum atomic E-state index is 10.7. The van der Waals surface area contributed by atoms with Crippen LogP contribution in [0.2, 0.25) is 0 Å². The summed E-state index contributed by atoms with van der Waals surface area (Å²) in [7, 11) is 0. The van der Waals surface area contributed by atoms with Crippen LogP contribution in [-0.2, 0) is 0 Å². The topological polar surface area (TPSA) is 95.6 Å². The fourth-order valence-electron chi connectivity index (χ4n) is 0.539. The average Bonchev–Trinajstić information content (AvgIpc) is 1.95. The molecule has 1 rings (SSSR count). The van der Waals surface area contributed by atoms with Gasteiger partial charge in [-0.15, -0.1) is 0 Å². The summed E-state index contributed by atoms with van der Waals surface area (Å²) in [6.45, 7) is 0. The van der Waals surface area contributed by atoms with Gasteiger partial charge in [-0.3, -0.25) is 4.79 Å². The molecule has 0 atom stereocenters.